The molecule has 1 aliphatic rings. The van der Waals surface area contributed by atoms with Crippen LogP contribution in [-0.2, 0) is 26.7 Å². The third kappa shape index (κ3) is 7.58. The molecule has 3 rings (SSSR count). The molecular formula is C21H34IN7. The van der Waals surface area contributed by atoms with Gasteiger partial charge in [0.1, 0.15) is 12.2 Å². The van der Waals surface area contributed by atoms with Crippen molar-refractivity contribution in [3.63, 3.8) is 0 Å². The number of benzene rings is 1. The van der Waals surface area contributed by atoms with Gasteiger partial charge in [-0.25, -0.2) is 9.98 Å². The number of guanidine groups is 1. The molecule has 0 amide bonds. The number of rotatable bonds is 7. The Bertz CT molecular complexity index is 766. The molecule has 1 saturated heterocycles. The summed E-state index contributed by atoms with van der Waals surface area (Å²) in [4.78, 5) is 11.5. The Hall–Kier alpha value is -1.68. The number of hydrogen-bond donors (Lipinski definition) is 2. The van der Waals surface area contributed by atoms with E-state index in [1.54, 1.807) is 11.0 Å². The number of likely N-dealkylation sites (tertiary alicyclic amines) is 1. The molecule has 0 radical (unpaired) electrons. The van der Waals surface area contributed by atoms with Crippen molar-refractivity contribution < 1.29 is 0 Å². The largest absolute Gasteiger partial charge is 0.357 e. The molecule has 1 aromatic heterocycles. The summed E-state index contributed by atoms with van der Waals surface area (Å²) >= 11 is 0. The lowest BCUT2D eigenvalue weighted by atomic mass is 9.98. The summed E-state index contributed by atoms with van der Waals surface area (Å²) in [6.07, 6.45) is 4.19. The number of piperidine rings is 1. The fourth-order valence-corrected chi connectivity index (χ4v) is 3.46. The maximum Gasteiger partial charge on any atom is 0.191 e. The Kier molecular flexibility index (Phi) is 9.86. The van der Waals surface area contributed by atoms with Gasteiger partial charge >= 0.3 is 0 Å². The van der Waals surface area contributed by atoms with Crippen LogP contribution in [0.1, 0.15) is 43.6 Å². The van der Waals surface area contributed by atoms with Crippen molar-refractivity contribution in [3.8, 4) is 0 Å². The zero-order valence-corrected chi connectivity index (χ0v) is 20.1. The van der Waals surface area contributed by atoms with E-state index in [9.17, 15) is 0 Å². The van der Waals surface area contributed by atoms with E-state index in [1.807, 2.05) is 7.05 Å². The molecule has 0 spiro atoms. The van der Waals surface area contributed by atoms with Gasteiger partial charge in [0.2, 0.25) is 0 Å². The summed E-state index contributed by atoms with van der Waals surface area (Å²) < 4.78 is 1.77. The minimum absolute atomic E-state index is 0. The summed E-state index contributed by atoms with van der Waals surface area (Å²) in [6.45, 7) is 9.94. The topological polar surface area (TPSA) is 70.4 Å². The molecule has 1 fully saturated rings. The predicted octanol–water partition coefficient (Wildman–Crippen LogP) is 2.92. The van der Waals surface area contributed by atoms with Crippen molar-refractivity contribution in [1.82, 2.24) is 30.3 Å². The first-order valence-corrected chi connectivity index (χ1v) is 10.3. The Balaban J connectivity index is 0.00000300. The smallest absolute Gasteiger partial charge is 0.191 e. The number of halogens is 1. The second kappa shape index (κ2) is 12.1. The molecule has 0 bridgehead atoms. The van der Waals surface area contributed by atoms with Gasteiger partial charge < -0.3 is 10.6 Å². The number of aromatic nitrogens is 3. The molecular weight excluding hydrogens is 477 g/mol. The van der Waals surface area contributed by atoms with E-state index in [2.05, 4.69) is 63.7 Å². The third-order valence-corrected chi connectivity index (χ3v) is 5.26. The first-order chi connectivity index (χ1) is 13.6. The van der Waals surface area contributed by atoms with Crippen LogP contribution in [0.3, 0.4) is 0 Å². The molecule has 7 nitrogen and oxygen atoms in total. The van der Waals surface area contributed by atoms with E-state index in [1.165, 1.54) is 37.1 Å². The van der Waals surface area contributed by atoms with E-state index >= 15 is 0 Å². The minimum atomic E-state index is 0. The lowest BCUT2D eigenvalue weighted by Crippen LogP contribution is -2.37. The van der Waals surface area contributed by atoms with Gasteiger partial charge in [-0.05, 0) is 49.9 Å². The number of hydrogen-bond acceptors (Lipinski definition) is 4. The molecule has 2 aromatic rings. The molecule has 1 aromatic carbocycles. The minimum Gasteiger partial charge on any atom is -0.357 e. The van der Waals surface area contributed by atoms with E-state index < -0.39 is 0 Å². The Morgan fingerprint density at radius 3 is 2.66 bits per heavy atom. The standard InChI is InChI=1S/C21H33N7.HI/c1-4-22-21(24-14-20-25-16-26-27(20)3)23-13-18-6-5-7-19(12-18)15-28-10-8-17(2)9-11-28;/h5-7,12,16-17H,4,8-11,13-15H2,1-3H3,(H2,22,23,24);1H. The fraction of sp³-hybridized carbons (Fsp3) is 0.571. The predicted molar refractivity (Wildman–Crippen MR) is 128 cm³/mol. The zero-order valence-electron chi connectivity index (χ0n) is 17.8. The number of aliphatic imine (C=N–C) groups is 1. The molecule has 160 valence electrons. The van der Waals surface area contributed by atoms with Gasteiger partial charge in [0.25, 0.3) is 0 Å². The van der Waals surface area contributed by atoms with Gasteiger partial charge in [0, 0.05) is 20.1 Å². The molecule has 0 unspecified atom stereocenters. The summed E-state index contributed by atoms with van der Waals surface area (Å²) in [5, 5.41) is 10.7. The molecule has 1 aliphatic heterocycles. The fourth-order valence-electron chi connectivity index (χ4n) is 3.46. The van der Waals surface area contributed by atoms with Crippen LogP contribution in [0.15, 0.2) is 35.6 Å². The van der Waals surface area contributed by atoms with Crippen LogP contribution in [0, 0.1) is 5.92 Å². The van der Waals surface area contributed by atoms with Crippen LogP contribution in [0.4, 0.5) is 0 Å². The van der Waals surface area contributed by atoms with E-state index in [0.29, 0.717) is 13.1 Å². The number of aryl methyl sites for hydroxylation is 1. The van der Waals surface area contributed by atoms with Crippen molar-refractivity contribution in [1.29, 1.82) is 0 Å². The Morgan fingerprint density at radius 2 is 1.97 bits per heavy atom. The monoisotopic (exact) mass is 511 g/mol. The Labute approximate surface area is 191 Å². The van der Waals surface area contributed by atoms with Crippen molar-refractivity contribution >= 4 is 29.9 Å². The highest BCUT2D eigenvalue weighted by molar-refractivity contribution is 14.0. The van der Waals surface area contributed by atoms with E-state index in [4.69, 9.17) is 4.99 Å². The first-order valence-electron chi connectivity index (χ1n) is 10.3. The number of nitrogens with one attached hydrogen (secondary N) is 2. The molecule has 8 heteroatoms. The first kappa shape index (κ1) is 23.6. The van der Waals surface area contributed by atoms with E-state index in [-0.39, 0.29) is 24.0 Å². The molecule has 2 heterocycles. The molecule has 2 N–H and O–H groups in total. The lowest BCUT2D eigenvalue weighted by Gasteiger charge is -2.30. The molecule has 0 atom stereocenters. The summed E-state index contributed by atoms with van der Waals surface area (Å²) in [6, 6.07) is 8.81. The van der Waals surface area contributed by atoms with Gasteiger partial charge in [0.05, 0.1) is 13.1 Å². The second-order valence-electron chi connectivity index (χ2n) is 7.63. The third-order valence-electron chi connectivity index (χ3n) is 5.26. The maximum absolute atomic E-state index is 4.73. The SMILES string of the molecule is CCNC(=NCc1cccc(CN2CCC(C)CC2)c1)NCc1ncnn1C.I. The highest BCUT2D eigenvalue weighted by atomic mass is 127. The van der Waals surface area contributed by atoms with Gasteiger partial charge in [-0.3, -0.25) is 9.58 Å². The van der Waals surface area contributed by atoms with Crippen LogP contribution in [0.5, 0.6) is 0 Å². The summed E-state index contributed by atoms with van der Waals surface area (Å²) in [7, 11) is 1.89. The van der Waals surface area contributed by atoms with Gasteiger partial charge in [-0.15, -0.1) is 24.0 Å². The number of nitrogens with zero attached hydrogens (tertiary/aromatic N) is 5. The van der Waals surface area contributed by atoms with Crippen LogP contribution >= 0.6 is 24.0 Å². The zero-order chi connectivity index (χ0) is 19.8. The molecule has 29 heavy (non-hydrogen) atoms. The highest BCUT2D eigenvalue weighted by Crippen LogP contribution is 2.18. The highest BCUT2D eigenvalue weighted by Gasteiger charge is 2.15. The van der Waals surface area contributed by atoms with Gasteiger partial charge in [-0.2, -0.15) is 5.10 Å². The maximum atomic E-state index is 4.73. The van der Waals surface area contributed by atoms with Gasteiger partial charge in [-0.1, -0.05) is 31.2 Å². The van der Waals surface area contributed by atoms with Crippen LogP contribution in [-0.4, -0.2) is 45.3 Å². The van der Waals surface area contributed by atoms with Crippen LogP contribution < -0.4 is 10.6 Å². The molecule has 0 aliphatic carbocycles. The quantitative estimate of drug-likeness (QED) is 0.340. The normalized spacial score (nSPS) is 15.8. The lowest BCUT2D eigenvalue weighted by molar-refractivity contribution is 0.185. The molecule has 0 saturated carbocycles. The average Bonchev–Trinajstić information content (AvgIpc) is 3.11. The van der Waals surface area contributed by atoms with Crippen molar-refractivity contribution in [3.05, 3.63) is 47.5 Å². The summed E-state index contributed by atoms with van der Waals surface area (Å²) in [5.41, 5.74) is 2.61. The van der Waals surface area contributed by atoms with Crippen molar-refractivity contribution in [2.24, 2.45) is 18.0 Å². The summed E-state index contributed by atoms with van der Waals surface area (Å²) in [5.74, 6) is 2.54. The Morgan fingerprint density at radius 1 is 1.21 bits per heavy atom. The van der Waals surface area contributed by atoms with Gasteiger partial charge in [0.15, 0.2) is 5.96 Å². The van der Waals surface area contributed by atoms with Crippen molar-refractivity contribution in [2.45, 2.75) is 46.3 Å². The average molecular weight is 511 g/mol. The second-order valence-corrected chi connectivity index (χ2v) is 7.63. The van der Waals surface area contributed by atoms with Crippen LogP contribution in [0.25, 0.3) is 0 Å². The van der Waals surface area contributed by atoms with E-state index in [0.717, 1.165) is 30.8 Å². The van der Waals surface area contributed by atoms with Crippen LogP contribution in [0.2, 0.25) is 0 Å². The van der Waals surface area contributed by atoms with Crippen molar-refractivity contribution in [2.75, 3.05) is 19.6 Å².